The number of nitrogens with zero attached hydrogens (tertiary/aromatic N) is 1. The fraction of sp³-hybridized carbons (Fsp3) is 0.261. The van der Waals surface area contributed by atoms with Gasteiger partial charge in [-0.25, -0.2) is 8.78 Å². The van der Waals surface area contributed by atoms with E-state index in [1.165, 1.54) is 28.8 Å². The quantitative estimate of drug-likeness (QED) is 0.517. The number of carboxylic acids is 1. The van der Waals surface area contributed by atoms with E-state index in [0.29, 0.717) is 16.6 Å². The Balaban J connectivity index is 1.97. The third kappa shape index (κ3) is 4.77. The number of phenols is 1. The van der Waals surface area contributed by atoms with Crippen molar-refractivity contribution in [3.8, 4) is 5.75 Å². The van der Waals surface area contributed by atoms with E-state index in [9.17, 15) is 28.3 Å². The van der Waals surface area contributed by atoms with E-state index in [0.717, 1.165) is 12.1 Å². The molecular formula is C23H22F2N2O5. The summed E-state index contributed by atoms with van der Waals surface area (Å²) < 4.78 is 29.0. The lowest BCUT2D eigenvalue weighted by Gasteiger charge is -2.11. The van der Waals surface area contributed by atoms with Crippen molar-refractivity contribution >= 4 is 28.7 Å². The molecule has 0 saturated carbocycles. The van der Waals surface area contributed by atoms with Crippen LogP contribution in [0.2, 0.25) is 0 Å². The lowest BCUT2D eigenvalue weighted by molar-refractivity contribution is -0.137. The zero-order valence-electron chi connectivity index (χ0n) is 17.5. The predicted octanol–water partition coefficient (Wildman–Crippen LogP) is 3.53. The number of phenolic OH excluding ortho intramolecular Hbond substituents is 1. The van der Waals surface area contributed by atoms with Gasteiger partial charge >= 0.3 is 5.97 Å². The van der Waals surface area contributed by atoms with E-state index in [1.54, 1.807) is 13.8 Å². The molecule has 0 bridgehead atoms. The second-order valence-corrected chi connectivity index (χ2v) is 7.60. The van der Waals surface area contributed by atoms with Crippen molar-refractivity contribution < 1.29 is 33.4 Å². The maximum atomic E-state index is 14.1. The summed E-state index contributed by atoms with van der Waals surface area (Å²) >= 11 is 0. The van der Waals surface area contributed by atoms with Crippen molar-refractivity contribution in [1.29, 1.82) is 0 Å². The number of amides is 1. The molecule has 0 saturated heterocycles. The van der Waals surface area contributed by atoms with Gasteiger partial charge in [0.2, 0.25) is 5.91 Å². The highest BCUT2D eigenvalue weighted by Crippen LogP contribution is 2.32. The first kappa shape index (κ1) is 22.9. The number of carboxylic acid groups (broad SMARTS) is 1. The molecule has 1 atom stereocenters. The molecule has 9 heteroatoms. The van der Waals surface area contributed by atoms with Gasteiger partial charge in [-0.15, -0.1) is 0 Å². The minimum absolute atomic E-state index is 0.0177. The molecule has 7 nitrogen and oxygen atoms in total. The maximum Gasteiger partial charge on any atom is 0.305 e. The highest BCUT2D eigenvalue weighted by Gasteiger charge is 2.23. The first-order chi connectivity index (χ1) is 15.1. The summed E-state index contributed by atoms with van der Waals surface area (Å²) in [6.45, 7) is 3.19. The van der Waals surface area contributed by atoms with Crippen molar-refractivity contribution in [3.05, 3.63) is 64.9 Å². The van der Waals surface area contributed by atoms with E-state index in [4.69, 9.17) is 5.11 Å². The predicted molar refractivity (Wildman–Crippen MR) is 113 cm³/mol. The fourth-order valence-electron chi connectivity index (χ4n) is 3.71. The van der Waals surface area contributed by atoms with Gasteiger partial charge in [-0.2, -0.15) is 0 Å². The van der Waals surface area contributed by atoms with Gasteiger partial charge in [0.15, 0.2) is 11.6 Å². The van der Waals surface area contributed by atoms with Crippen molar-refractivity contribution in [2.24, 2.45) is 0 Å². The molecule has 1 heterocycles. The van der Waals surface area contributed by atoms with Gasteiger partial charge in [0, 0.05) is 35.2 Å². The number of carbonyl (C=O) groups excluding carboxylic acids is 2. The molecule has 3 aromatic rings. The average molecular weight is 444 g/mol. The largest absolute Gasteiger partial charge is 0.505 e. The molecule has 0 aliphatic heterocycles. The SMILES string of the molecule is Cc1c(CCC(=O)N[C@@H](C)CC(=O)O)c2cc(O)c(F)cc2n1C(=O)c1cccc(F)c1. The molecule has 1 aromatic heterocycles. The van der Waals surface area contributed by atoms with Crippen LogP contribution in [-0.4, -0.2) is 38.6 Å². The molecule has 0 fully saturated rings. The number of hydrogen-bond donors (Lipinski definition) is 3. The summed E-state index contributed by atoms with van der Waals surface area (Å²) in [5.74, 6) is -4.13. The monoisotopic (exact) mass is 444 g/mol. The molecule has 0 spiro atoms. The number of halogens is 2. The Morgan fingerprint density at radius 3 is 2.53 bits per heavy atom. The third-order valence-corrected chi connectivity index (χ3v) is 5.17. The van der Waals surface area contributed by atoms with Gasteiger partial charge < -0.3 is 15.5 Å². The molecule has 0 aliphatic carbocycles. The number of nitrogens with one attached hydrogen (secondary N) is 1. The minimum Gasteiger partial charge on any atom is -0.505 e. The van der Waals surface area contributed by atoms with Crippen LogP contribution in [0.3, 0.4) is 0 Å². The standard InChI is InChI=1S/C23H22F2N2O5/c1-12(8-22(30)31)26-21(29)7-6-16-13(2)27(19-11-18(25)20(28)10-17(16)19)23(32)14-4-3-5-15(24)9-14/h3-5,9-12,28H,6-8H2,1-2H3,(H,26,29)(H,30,31)/t12-/m0/s1. The average Bonchev–Trinajstić information content (AvgIpc) is 2.96. The first-order valence-electron chi connectivity index (χ1n) is 9.92. The third-order valence-electron chi connectivity index (χ3n) is 5.17. The van der Waals surface area contributed by atoms with Crippen molar-refractivity contribution in [3.63, 3.8) is 0 Å². The number of hydrogen-bond acceptors (Lipinski definition) is 4. The van der Waals surface area contributed by atoms with Gasteiger partial charge in [-0.05, 0) is 50.1 Å². The Kier molecular flexibility index (Phi) is 6.57. The number of aliphatic carboxylic acids is 1. The second kappa shape index (κ2) is 9.17. The minimum atomic E-state index is -1.04. The first-order valence-corrected chi connectivity index (χ1v) is 9.92. The summed E-state index contributed by atoms with van der Waals surface area (Å²) in [6, 6.07) is 6.74. The number of carbonyl (C=O) groups is 3. The summed E-state index contributed by atoms with van der Waals surface area (Å²) in [6.07, 6.45) is -0.0853. The molecule has 0 aliphatic rings. The van der Waals surface area contributed by atoms with Crippen molar-refractivity contribution in [2.45, 2.75) is 39.2 Å². The van der Waals surface area contributed by atoms with E-state index in [2.05, 4.69) is 5.32 Å². The molecule has 0 radical (unpaired) electrons. The van der Waals surface area contributed by atoms with Gasteiger partial charge in [-0.3, -0.25) is 19.0 Å². The Hall–Kier alpha value is -3.75. The second-order valence-electron chi connectivity index (χ2n) is 7.60. The molecule has 3 N–H and O–H groups in total. The number of aromatic hydroxyl groups is 1. The van der Waals surface area contributed by atoms with Crippen LogP contribution in [0.5, 0.6) is 5.75 Å². The van der Waals surface area contributed by atoms with Crippen LogP contribution in [-0.2, 0) is 16.0 Å². The number of aromatic nitrogens is 1. The van der Waals surface area contributed by atoms with Crippen LogP contribution >= 0.6 is 0 Å². The lowest BCUT2D eigenvalue weighted by atomic mass is 10.0. The van der Waals surface area contributed by atoms with E-state index in [1.807, 2.05) is 0 Å². The number of rotatable bonds is 7. The normalized spacial score (nSPS) is 12.0. The molecule has 2 aromatic carbocycles. The molecule has 168 valence electrons. The number of fused-ring (bicyclic) bond motifs is 1. The van der Waals surface area contributed by atoms with Crippen LogP contribution in [0, 0.1) is 18.6 Å². The van der Waals surface area contributed by atoms with Crippen LogP contribution in [0.15, 0.2) is 36.4 Å². The maximum absolute atomic E-state index is 14.1. The topological polar surface area (TPSA) is 109 Å². The lowest BCUT2D eigenvalue weighted by Crippen LogP contribution is -2.34. The Labute approximate surface area is 182 Å². The molecule has 3 rings (SSSR count). The van der Waals surface area contributed by atoms with E-state index >= 15 is 0 Å². The Morgan fingerprint density at radius 2 is 1.88 bits per heavy atom. The van der Waals surface area contributed by atoms with Crippen molar-refractivity contribution in [2.75, 3.05) is 0 Å². The van der Waals surface area contributed by atoms with Gasteiger partial charge in [0.1, 0.15) is 5.82 Å². The molecule has 0 unspecified atom stereocenters. The van der Waals surface area contributed by atoms with Crippen LogP contribution in [0.25, 0.3) is 10.9 Å². The molecule has 1 amide bonds. The van der Waals surface area contributed by atoms with E-state index < -0.39 is 35.3 Å². The smallest absolute Gasteiger partial charge is 0.305 e. The molecular weight excluding hydrogens is 422 g/mol. The van der Waals surface area contributed by atoms with Crippen LogP contribution in [0.4, 0.5) is 8.78 Å². The highest BCUT2D eigenvalue weighted by atomic mass is 19.1. The Morgan fingerprint density at radius 1 is 1.16 bits per heavy atom. The zero-order valence-corrected chi connectivity index (χ0v) is 17.5. The number of benzene rings is 2. The summed E-state index contributed by atoms with van der Waals surface area (Å²) in [4.78, 5) is 36.1. The van der Waals surface area contributed by atoms with Gasteiger partial charge in [0.25, 0.3) is 5.91 Å². The molecule has 32 heavy (non-hydrogen) atoms. The summed E-state index contributed by atoms with van der Waals surface area (Å²) in [5.41, 5.74) is 1.21. The Bertz CT molecular complexity index is 1220. The van der Waals surface area contributed by atoms with E-state index in [-0.39, 0.29) is 36.2 Å². The van der Waals surface area contributed by atoms with Gasteiger partial charge in [0.05, 0.1) is 11.9 Å². The zero-order chi connectivity index (χ0) is 23.6. The van der Waals surface area contributed by atoms with Gasteiger partial charge in [-0.1, -0.05) is 6.07 Å². The van der Waals surface area contributed by atoms with Crippen molar-refractivity contribution in [1.82, 2.24) is 9.88 Å². The summed E-state index contributed by atoms with van der Waals surface area (Å²) in [5, 5.41) is 21.6. The van der Waals surface area contributed by atoms with Crippen LogP contribution in [0.1, 0.15) is 41.4 Å². The van der Waals surface area contributed by atoms with Crippen LogP contribution < -0.4 is 5.32 Å². The highest BCUT2D eigenvalue weighted by molar-refractivity contribution is 6.04. The fourth-order valence-corrected chi connectivity index (χ4v) is 3.71. The summed E-state index contributed by atoms with van der Waals surface area (Å²) in [7, 11) is 0. The number of aryl methyl sites for hydroxylation is 1.